The van der Waals surface area contributed by atoms with Gasteiger partial charge in [-0.2, -0.15) is 9.97 Å². The molecule has 214 valence electrons. The van der Waals surface area contributed by atoms with Crippen molar-refractivity contribution in [3.05, 3.63) is 76.0 Å². The van der Waals surface area contributed by atoms with Gasteiger partial charge in [0.25, 0.3) is 0 Å². The van der Waals surface area contributed by atoms with E-state index in [1.165, 1.54) is 18.4 Å². The van der Waals surface area contributed by atoms with E-state index in [4.69, 9.17) is 9.47 Å². The first kappa shape index (κ1) is 29.4. The summed E-state index contributed by atoms with van der Waals surface area (Å²) in [6.45, 7) is 8.07. The van der Waals surface area contributed by atoms with E-state index in [1.807, 2.05) is 19.1 Å². The monoisotopic (exact) mass is 549 g/mol. The molecule has 1 fully saturated rings. The minimum Gasteiger partial charge on any atom is -0.463 e. The van der Waals surface area contributed by atoms with E-state index in [0.29, 0.717) is 13.2 Å². The van der Waals surface area contributed by atoms with Crippen LogP contribution in [-0.2, 0) is 17.8 Å². The zero-order valence-corrected chi connectivity index (χ0v) is 23.4. The second-order valence-corrected chi connectivity index (χ2v) is 9.99. The maximum absolute atomic E-state index is 11.9. The van der Waals surface area contributed by atoms with E-state index >= 15 is 0 Å². The number of ether oxygens (including phenoxy) is 2. The maximum atomic E-state index is 11.9. The molecule has 0 amide bonds. The Bertz CT molecular complexity index is 1230. The third kappa shape index (κ3) is 8.20. The van der Waals surface area contributed by atoms with Gasteiger partial charge in [0, 0.05) is 19.7 Å². The van der Waals surface area contributed by atoms with Crippen LogP contribution in [0.15, 0.2) is 54.7 Å². The molecule has 10 heteroatoms. The number of rotatable bonds is 15. The topological polar surface area (TPSA) is 114 Å². The van der Waals surface area contributed by atoms with Gasteiger partial charge >= 0.3 is 11.7 Å². The number of benzene rings is 2. The molecule has 1 aliphatic heterocycles. The number of aliphatic hydroxyl groups excluding tert-OH is 1. The summed E-state index contributed by atoms with van der Waals surface area (Å²) in [6.07, 6.45) is 4.29. The second kappa shape index (κ2) is 14.7. The van der Waals surface area contributed by atoms with Crippen molar-refractivity contribution >= 4 is 11.5 Å². The Balaban J connectivity index is 1.56. The summed E-state index contributed by atoms with van der Waals surface area (Å²) in [4.78, 5) is 23.9. The average Bonchev–Trinajstić information content (AvgIpc) is 3.46. The van der Waals surface area contributed by atoms with Gasteiger partial charge in [0.1, 0.15) is 6.20 Å². The summed E-state index contributed by atoms with van der Waals surface area (Å²) in [6, 6.07) is 16.8. The van der Waals surface area contributed by atoms with E-state index in [0.717, 1.165) is 55.4 Å². The number of likely N-dealkylation sites (tertiary alicyclic amines) is 1. The molecular formula is C30H39N5O5. The molecule has 1 atom stereocenters. The fourth-order valence-electron chi connectivity index (χ4n) is 4.82. The normalized spacial score (nSPS) is 14.3. The lowest BCUT2D eigenvalue weighted by atomic mass is 10.0. The van der Waals surface area contributed by atoms with Gasteiger partial charge in [-0.25, -0.2) is 0 Å². The predicted molar refractivity (Wildman–Crippen MR) is 154 cm³/mol. The van der Waals surface area contributed by atoms with Crippen LogP contribution >= 0.6 is 0 Å². The van der Waals surface area contributed by atoms with Gasteiger partial charge < -0.3 is 19.5 Å². The van der Waals surface area contributed by atoms with Crippen molar-refractivity contribution in [3.8, 4) is 17.1 Å². The summed E-state index contributed by atoms with van der Waals surface area (Å²) >= 11 is 0. The molecule has 2 heterocycles. The van der Waals surface area contributed by atoms with E-state index in [9.17, 15) is 15.2 Å². The van der Waals surface area contributed by atoms with Crippen LogP contribution < -0.4 is 9.64 Å². The SMILES string of the molecule is CCCCOc1ncc([N+](=O)[O-])c(N(Cc2ccc(-c3cccc(CN4CCCC4)c3)cc2)CC(O)OCC)n1. The van der Waals surface area contributed by atoms with Gasteiger partial charge in [-0.05, 0) is 67.6 Å². The third-order valence-corrected chi connectivity index (χ3v) is 6.88. The van der Waals surface area contributed by atoms with Crippen molar-refractivity contribution in [2.75, 3.05) is 37.7 Å². The van der Waals surface area contributed by atoms with Gasteiger partial charge in [-0.15, -0.1) is 0 Å². The third-order valence-electron chi connectivity index (χ3n) is 6.88. The Morgan fingerprint density at radius 1 is 1.10 bits per heavy atom. The molecule has 1 aromatic heterocycles. The molecule has 3 aromatic rings. The van der Waals surface area contributed by atoms with Crippen molar-refractivity contribution in [1.82, 2.24) is 14.9 Å². The first-order chi connectivity index (χ1) is 19.5. The Morgan fingerprint density at radius 3 is 2.58 bits per heavy atom. The second-order valence-electron chi connectivity index (χ2n) is 9.99. The molecule has 1 unspecified atom stereocenters. The molecule has 0 radical (unpaired) electrons. The molecule has 10 nitrogen and oxygen atoms in total. The Morgan fingerprint density at radius 2 is 1.88 bits per heavy atom. The van der Waals surface area contributed by atoms with Crippen LogP contribution in [0.5, 0.6) is 6.01 Å². The number of nitro groups is 1. The van der Waals surface area contributed by atoms with Crippen molar-refractivity contribution in [3.63, 3.8) is 0 Å². The van der Waals surface area contributed by atoms with Gasteiger partial charge in [0.15, 0.2) is 6.29 Å². The number of aliphatic hydroxyl groups is 1. The van der Waals surface area contributed by atoms with Gasteiger partial charge in [-0.1, -0.05) is 55.8 Å². The van der Waals surface area contributed by atoms with E-state index in [1.54, 1.807) is 11.8 Å². The lowest BCUT2D eigenvalue weighted by molar-refractivity contribution is -0.384. The van der Waals surface area contributed by atoms with Gasteiger partial charge in [-0.3, -0.25) is 15.0 Å². The predicted octanol–water partition coefficient (Wildman–Crippen LogP) is 5.19. The molecule has 0 saturated carbocycles. The lowest BCUT2D eigenvalue weighted by Gasteiger charge is -2.26. The van der Waals surface area contributed by atoms with Crippen LogP contribution in [0, 0.1) is 10.1 Å². The lowest BCUT2D eigenvalue weighted by Crippen LogP contribution is -2.34. The largest absolute Gasteiger partial charge is 0.463 e. The number of unbranched alkanes of at least 4 members (excludes halogenated alkanes) is 1. The molecule has 0 aliphatic carbocycles. The quantitative estimate of drug-likeness (QED) is 0.118. The molecule has 1 aliphatic rings. The fourth-order valence-corrected chi connectivity index (χ4v) is 4.82. The zero-order valence-electron chi connectivity index (χ0n) is 23.4. The number of anilines is 1. The highest BCUT2D eigenvalue weighted by atomic mass is 16.6. The number of aromatic nitrogens is 2. The highest BCUT2D eigenvalue weighted by Crippen LogP contribution is 2.29. The van der Waals surface area contributed by atoms with Crippen LogP contribution in [0.4, 0.5) is 11.5 Å². The van der Waals surface area contributed by atoms with Gasteiger partial charge in [0.2, 0.25) is 5.82 Å². The van der Waals surface area contributed by atoms with Crippen LogP contribution in [0.25, 0.3) is 11.1 Å². The summed E-state index contributed by atoms with van der Waals surface area (Å²) in [7, 11) is 0. The molecule has 1 N–H and O–H groups in total. The van der Waals surface area contributed by atoms with Crippen LogP contribution in [0.1, 0.15) is 50.7 Å². The van der Waals surface area contributed by atoms with E-state index < -0.39 is 11.2 Å². The van der Waals surface area contributed by atoms with Crippen molar-refractivity contribution < 1.29 is 19.5 Å². The first-order valence-electron chi connectivity index (χ1n) is 14.1. The summed E-state index contributed by atoms with van der Waals surface area (Å²) in [5, 5.41) is 22.3. The van der Waals surface area contributed by atoms with E-state index in [-0.39, 0.29) is 30.6 Å². The molecule has 0 spiro atoms. The number of hydrogen-bond acceptors (Lipinski definition) is 9. The summed E-state index contributed by atoms with van der Waals surface area (Å²) in [5.74, 6) is 0.0731. The molecule has 4 rings (SSSR count). The van der Waals surface area contributed by atoms with Gasteiger partial charge in [0.05, 0.1) is 18.1 Å². The Labute approximate surface area is 235 Å². The number of hydrogen-bond donors (Lipinski definition) is 1. The van der Waals surface area contributed by atoms with Crippen molar-refractivity contribution in [2.24, 2.45) is 0 Å². The van der Waals surface area contributed by atoms with Crippen LogP contribution in [-0.4, -0.2) is 64.0 Å². The smallest absolute Gasteiger partial charge is 0.329 e. The standard InChI is InChI=1S/C30H39N5O5/c1-3-5-17-40-30-31-19-27(35(37)38)29(32-30)34(22-28(36)39-4-2)21-23-11-13-25(14-12-23)26-10-8-9-24(18-26)20-33-15-6-7-16-33/h8-14,18-19,28,36H,3-7,15-17,20-22H2,1-2H3. The molecule has 40 heavy (non-hydrogen) atoms. The fraction of sp³-hybridized carbons (Fsp3) is 0.467. The minimum absolute atomic E-state index is 0.0135. The maximum Gasteiger partial charge on any atom is 0.329 e. The molecule has 0 bridgehead atoms. The summed E-state index contributed by atoms with van der Waals surface area (Å²) < 4.78 is 11.0. The van der Waals surface area contributed by atoms with Crippen LogP contribution in [0.3, 0.4) is 0 Å². The van der Waals surface area contributed by atoms with Crippen LogP contribution in [0.2, 0.25) is 0 Å². The minimum atomic E-state index is -1.15. The summed E-state index contributed by atoms with van der Waals surface area (Å²) in [5.41, 5.74) is 4.17. The highest BCUT2D eigenvalue weighted by molar-refractivity contribution is 5.65. The van der Waals surface area contributed by atoms with E-state index in [2.05, 4.69) is 51.3 Å². The zero-order chi connectivity index (χ0) is 28.3. The first-order valence-corrected chi connectivity index (χ1v) is 14.1. The molecule has 2 aromatic carbocycles. The molecular weight excluding hydrogens is 510 g/mol. The average molecular weight is 550 g/mol. The Kier molecular flexibility index (Phi) is 10.8. The highest BCUT2D eigenvalue weighted by Gasteiger charge is 2.26. The van der Waals surface area contributed by atoms with Crippen molar-refractivity contribution in [2.45, 2.75) is 58.9 Å². The Hall–Kier alpha value is -3.60. The molecule has 1 saturated heterocycles. The van der Waals surface area contributed by atoms with Crippen molar-refractivity contribution in [1.29, 1.82) is 0 Å². The number of nitrogens with zero attached hydrogens (tertiary/aromatic N) is 5.